The maximum Gasteiger partial charge on any atom is 0.308 e. The second kappa shape index (κ2) is 6.87. The molecule has 5 nitrogen and oxygen atoms in total. The Hall–Kier alpha value is -2.35. The number of carbonyl (C=O) groups is 2. The zero-order valence-electron chi connectivity index (χ0n) is 13.4. The van der Waals surface area contributed by atoms with Crippen LogP contribution in [0.1, 0.15) is 23.8 Å². The summed E-state index contributed by atoms with van der Waals surface area (Å²) < 4.78 is 26.4. The lowest BCUT2D eigenvalue weighted by Gasteiger charge is -2.34. The van der Waals surface area contributed by atoms with Crippen molar-refractivity contribution in [2.24, 2.45) is 11.8 Å². The first-order valence-electron chi connectivity index (χ1n) is 7.78. The number of hydrogen-bond acceptors (Lipinski definition) is 4. The number of carboxylic acid groups (broad SMARTS) is 1. The lowest BCUT2D eigenvalue weighted by Crippen LogP contribution is -2.45. The van der Waals surface area contributed by atoms with Crippen LogP contribution in [0, 0.1) is 23.5 Å². The summed E-state index contributed by atoms with van der Waals surface area (Å²) in [6.45, 7) is 2.53. The number of piperidine rings is 1. The van der Waals surface area contributed by atoms with Crippen LogP contribution in [0.4, 0.5) is 8.78 Å². The van der Waals surface area contributed by atoms with Crippen molar-refractivity contribution in [3.05, 3.63) is 40.9 Å². The Balaban J connectivity index is 1.80. The van der Waals surface area contributed by atoms with E-state index in [0.717, 1.165) is 23.5 Å². The smallest absolute Gasteiger partial charge is 0.308 e. The molecule has 2 aromatic rings. The molecule has 132 valence electrons. The van der Waals surface area contributed by atoms with Gasteiger partial charge in [-0.2, -0.15) is 0 Å². The zero-order valence-corrected chi connectivity index (χ0v) is 14.2. The van der Waals surface area contributed by atoms with Gasteiger partial charge in [0, 0.05) is 24.0 Å². The number of carbonyl (C=O) groups excluding carboxylic acids is 1. The van der Waals surface area contributed by atoms with E-state index in [0.29, 0.717) is 23.5 Å². The second-order valence-electron chi connectivity index (χ2n) is 6.25. The Morgan fingerprint density at radius 1 is 1.28 bits per heavy atom. The molecular formula is C17H16F2N2O3S. The van der Waals surface area contributed by atoms with Gasteiger partial charge < -0.3 is 10.0 Å². The van der Waals surface area contributed by atoms with Crippen LogP contribution in [0.5, 0.6) is 0 Å². The normalized spacial score (nSPS) is 20.5. The number of halogens is 2. The minimum atomic E-state index is -0.977. The molecule has 2 heterocycles. The van der Waals surface area contributed by atoms with E-state index in [4.69, 9.17) is 0 Å². The molecule has 1 amide bonds. The first-order valence-corrected chi connectivity index (χ1v) is 8.66. The summed E-state index contributed by atoms with van der Waals surface area (Å²) in [4.78, 5) is 29.6. The van der Waals surface area contributed by atoms with E-state index in [1.165, 1.54) is 11.0 Å². The van der Waals surface area contributed by atoms with Gasteiger partial charge in [0.05, 0.1) is 5.92 Å². The third-order valence-corrected chi connectivity index (χ3v) is 5.08. The van der Waals surface area contributed by atoms with Gasteiger partial charge in [0.15, 0.2) is 11.6 Å². The molecule has 0 spiro atoms. The van der Waals surface area contributed by atoms with E-state index < -0.39 is 23.5 Å². The van der Waals surface area contributed by atoms with E-state index in [1.807, 2.05) is 6.92 Å². The molecule has 1 aliphatic heterocycles. The monoisotopic (exact) mass is 366 g/mol. The minimum absolute atomic E-state index is 0.0862. The highest BCUT2D eigenvalue weighted by atomic mass is 32.1. The van der Waals surface area contributed by atoms with Crippen LogP contribution in [-0.2, 0) is 4.79 Å². The third-order valence-electron chi connectivity index (χ3n) is 4.19. The van der Waals surface area contributed by atoms with Gasteiger partial charge in [-0.1, -0.05) is 6.92 Å². The largest absolute Gasteiger partial charge is 0.481 e. The summed E-state index contributed by atoms with van der Waals surface area (Å²) in [5.74, 6) is -3.68. The number of amides is 1. The molecule has 2 atom stereocenters. The number of rotatable bonds is 3. The van der Waals surface area contributed by atoms with E-state index in [9.17, 15) is 23.5 Å². The summed E-state index contributed by atoms with van der Waals surface area (Å²) in [6.07, 6.45) is 0.538. The van der Waals surface area contributed by atoms with Gasteiger partial charge in [-0.25, -0.2) is 13.8 Å². The molecule has 0 bridgehead atoms. The van der Waals surface area contributed by atoms with Gasteiger partial charge in [0.25, 0.3) is 5.91 Å². The van der Waals surface area contributed by atoms with Crippen molar-refractivity contribution in [3.63, 3.8) is 0 Å². The van der Waals surface area contributed by atoms with Crippen molar-refractivity contribution in [2.75, 3.05) is 13.1 Å². The number of nitrogens with zero attached hydrogens (tertiary/aromatic N) is 2. The van der Waals surface area contributed by atoms with E-state index in [1.54, 1.807) is 5.38 Å². The van der Waals surface area contributed by atoms with Crippen LogP contribution in [0.3, 0.4) is 0 Å². The third kappa shape index (κ3) is 3.68. The highest BCUT2D eigenvalue weighted by molar-refractivity contribution is 7.13. The fourth-order valence-electron chi connectivity index (χ4n) is 2.99. The molecule has 0 radical (unpaired) electrons. The first kappa shape index (κ1) is 17.5. The van der Waals surface area contributed by atoms with E-state index in [-0.39, 0.29) is 24.1 Å². The van der Waals surface area contributed by atoms with Crippen molar-refractivity contribution in [1.29, 1.82) is 0 Å². The van der Waals surface area contributed by atoms with Gasteiger partial charge in [-0.15, -0.1) is 11.3 Å². The Labute approximate surface area is 146 Å². The van der Waals surface area contributed by atoms with Gasteiger partial charge >= 0.3 is 5.97 Å². The molecule has 0 saturated carbocycles. The van der Waals surface area contributed by atoms with Gasteiger partial charge in [-0.05, 0) is 30.5 Å². The fourth-order valence-corrected chi connectivity index (χ4v) is 3.78. The molecule has 1 fully saturated rings. The molecule has 0 aliphatic carbocycles. The van der Waals surface area contributed by atoms with E-state index >= 15 is 0 Å². The standard InChI is InChI=1S/C17H16F2N2O3S/c1-9-4-11(17(23)24)7-21(6-9)16(22)14-8-25-15(20-14)10-2-3-12(18)13(19)5-10/h2-3,5,8-9,11H,4,6-7H2,1H3,(H,23,24). The molecule has 1 aromatic heterocycles. The predicted octanol–water partition coefficient (Wildman–Crippen LogP) is 3.27. The summed E-state index contributed by atoms with van der Waals surface area (Å²) in [6, 6.07) is 3.44. The van der Waals surface area contributed by atoms with Crippen LogP contribution in [0.2, 0.25) is 0 Å². The number of thiazole rings is 1. The number of likely N-dealkylation sites (tertiary alicyclic amines) is 1. The second-order valence-corrected chi connectivity index (χ2v) is 7.11. The summed E-state index contributed by atoms with van der Waals surface area (Å²) in [5, 5.41) is 11.2. The molecular weight excluding hydrogens is 350 g/mol. The summed E-state index contributed by atoms with van der Waals surface area (Å²) in [5.41, 5.74) is 0.571. The van der Waals surface area contributed by atoms with E-state index in [2.05, 4.69) is 4.98 Å². The van der Waals surface area contributed by atoms with Crippen molar-refractivity contribution < 1.29 is 23.5 Å². The Kier molecular flexibility index (Phi) is 4.80. The molecule has 1 saturated heterocycles. The Morgan fingerprint density at radius 3 is 2.72 bits per heavy atom. The summed E-state index contributed by atoms with van der Waals surface area (Å²) in [7, 11) is 0. The van der Waals surface area contributed by atoms with Crippen LogP contribution in [0.25, 0.3) is 10.6 Å². The molecule has 1 aromatic carbocycles. The molecule has 25 heavy (non-hydrogen) atoms. The lowest BCUT2D eigenvalue weighted by molar-refractivity contribution is -0.143. The Bertz CT molecular complexity index is 824. The van der Waals surface area contributed by atoms with Crippen molar-refractivity contribution in [3.8, 4) is 10.6 Å². The predicted molar refractivity (Wildman–Crippen MR) is 88.3 cm³/mol. The number of carboxylic acids is 1. The number of benzene rings is 1. The molecule has 2 unspecified atom stereocenters. The highest BCUT2D eigenvalue weighted by Gasteiger charge is 2.33. The zero-order chi connectivity index (χ0) is 18.1. The topological polar surface area (TPSA) is 70.5 Å². The number of aromatic nitrogens is 1. The van der Waals surface area contributed by atoms with Crippen LogP contribution < -0.4 is 0 Å². The maximum absolute atomic E-state index is 13.4. The van der Waals surface area contributed by atoms with Crippen molar-refractivity contribution in [1.82, 2.24) is 9.88 Å². The van der Waals surface area contributed by atoms with Gasteiger partial charge in [-0.3, -0.25) is 9.59 Å². The van der Waals surface area contributed by atoms with Gasteiger partial charge in [0.1, 0.15) is 10.7 Å². The quantitative estimate of drug-likeness (QED) is 0.905. The highest BCUT2D eigenvalue weighted by Crippen LogP contribution is 2.27. The first-order chi connectivity index (χ1) is 11.8. The minimum Gasteiger partial charge on any atom is -0.481 e. The summed E-state index contributed by atoms with van der Waals surface area (Å²) >= 11 is 1.15. The van der Waals surface area contributed by atoms with Crippen LogP contribution >= 0.6 is 11.3 Å². The molecule has 1 aliphatic rings. The van der Waals surface area contributed by atoms with Crippen molar-refractivity contribution in [2.45, 2.75) is 13.3 Å². The average molecular weight is 366 g/mol. The van der Waals surface area contributed by atoms with Gasteiger partial charge in [0.2, 0.25) is 0 Å². The number of aliphatic carboxylic acids is 1. The molecule has 3 rings (SSSR count). The maximum atomic E-state index is 13.4. The lowest BCUT2D eigenvalue weighted by atomic mass is 9.90. The van der Waals surface area contributed by atoms with Crippen LogP contribution in [-0.4, -0.2) is 40.0 Å². The van der Waals surface area contributed by atoms with Crippen molar-refractivity contribution >= 4 is 23.2 Å². The molecule has 1 N–H and O–H groups in total. The number of hydrogen-bond donors (Lipinski definition) is 1. The molecule has 8 heteroatoms. The van der Waals surface area contributed by atoms with Crippen LogP contribution in [0.15, 0.2) is 23.6 Å². The average Bonchev–Trinajstić information content (AvgIpc) is 3.06. The fraction of sp³-hybridized carbons (Fsp3) is 0.353. The Morgan fingerprint density at radius 2 is 2.04 bits per heavy atom. The SMILES string of the molecule is CC1CC(C(=O)O)CN(C(=O)c2csc(-c3ccc(F)c(F)c3)n2)C1.